The van der Waals surface area contributed by atoms with E-state index in [2.05, 4.69) is 10.2 Å². The summed E-state index contributed by atoms with van der Waals surface area (Å²) in [6.07, 6.45) is 6.71. The number of carbonyl (C=O) groups is 1. The minimum Gasteiger partial charge on any atom is -0.419 e. The maximum Gasteiger partial charge on any atom is 0.249 e. The minimum atomic E-state index is 0.0849. The summed E-state index contributed by atoms with van der Waals surface area (Å²) in [5, 5.41) is 8.76. The molecule has 1 aromatic heterocycles. The van der Waals surface area contributed by atoms with Gasteiger partial charge in [0.15, 0.2) is 0 Å². The highest BCUT2D eigenvalue weighted by molar-refractivity contribution is 6.33. The quantitative estimate of drug-likeness (QED) is 0.675. The van der Waals surface area contributed by atoms with Crippen molar-refractivity contribution >= 4 is 17.5 Å². The molecule has 5 nitrogen and oxygen atoms in total. The van der Waals surface area contributed by atoms with E-state index >= 15 is 0 Å². The third kappa shape index (κ3) is 4.64. The maximum absolute atomic E-state index is 12.7. The molecule has 1 heterocycles. The molecular formula is C20H26ClN3O2. The second-order valence-electron chi connectivity index (χ2n) is 7.29. The highest BCUT2D eigenvalue weighted by Crippen LogP contribution is 2.29. The van der Waals surface area contributed by atoms with Crippen LogP contribution in [0.5, 0.6) is 0 Å². The van der Waals surface area contributed by atoms with Crippen molar-refractivity contribution in [2.24, 2.45) is 5.92 Å². The molecule has 1 saturated carbocycles. The molecule has 0 spiro atoms. The van der Waals surface area contributed by atoms with E-state index in [0.29, 0.717) is 41.3 Å². The Hall–Kier alpha value is -1.88. The molecule has 0 saturated heterocycles. The van der Waals surface area contributed by atoms with E-state index in [-0.39, 0.29) is 11.9 Å². The normalized spacial score (nSPS) is 14.9. The van der Waals surface area contributed by atoms with Crippen molar-refractivity contribution < 1.29 is 9.21 Å². The Morgan fingerprint density at radius 2 is 2.00 bits per heavy atom. The van der Waals surface area contributed by atoms with Gasteiger partial charge in [0.25, 0.3) is 0 Å². The molecule has 0 bridgehead atoms. The van der Waals surface area contributed by atoms with Crippen molar-refractivity contribution in [1.29, 1.82) is 0 Å². The lowest BCUT2D eigenvalue weighted by atomic mass is 10.0. The molecule has 1 aromatic carbocycles. The molecule has 0 unspecified atom stereocenters. The van der Waals surface area contributed by atoms with Crippen molar-refractivity contribution in [3.8, 4) is 11.5 Å². The highest BCUT2D eigenvalue weighted by atomic mass is 35.5. The molecule has 0 N–H and O–H groups in total. The first-order valence-corrected chi connectivity index (χ1v) is 9.79. The van der Waals surface area contributed by atoms with Crippen LogP contribution in [-0.2, 0) is 11.3 Å². The van der Waals surface area contributed by atoms with E-state index < -0.39 is 0 Å². The van der Waals surface area contributed by atoms with E-state index in [1.807, 2.05) is 36.9 Å². The summed E-state index contributed by atoms with van der Waals surface area (Å²) in [5.41, 5.74) is 0.705. The molecule has 1 aliphatic carbocycles. The van der Waals surface area contributed by atoms with Gasteiger partial charge in [-0.05, 0) is 38.3 Å². The molecule has 0 atom stereocenters. The molecule has 1 fully saturated rings. The summed E-state index contributed by atoms with van der Waals surface area (Å²) in [6, 6.07) is 7.44. The van der Waals surface area contributed by atoms with Gasteiger partial charge in [-0.15, -0.1) is 10.2 Å². The van der Waals surface area contributed by atoms with Crippen LogP contribution in [0.3, 0.4) is 0 Å². The first-order chi connectivity index (χ1) is 12.5. The van der Waals surface area contributed by atoms with Crippen LogP contribution in [0.25, 0.3) is 11.5 Å². The van der Waals surface area contributed by atoms with Gasteiger partial charge in [0.1, 0.15) is 0 Å². The molecule has 0 radical (unpaired) electrons. The van der Waals surface area contributed by atoms with Crippen molar-refractivity contribution in [3.63, 3.8) is 0 Å². The molecule has 6 heteroatoms. The van der Waals surface area contributed by atoms with Gasteiger partial charge in [0.2, 0.25) is 17.7 Å². The summed E-state index contributed by atoms with van der Waals surface area (Å²) in [6.45, 7) is 4.36. The van der Waals surface area contributed by atoms with Gasteiger partial charge in [-0.3, -0.25) is 4.79 Å². The Morgan fingerprint density at radius 3 is 2.69 bits per heavy atom. The van der Waals surface area contributed by atoms with Gasteiger partial charge in [-0.1, -0.05) is 49.4 Å². The van der Waals surface area contributed by atoms with Crippen molar-refractivity contribution in [2.45, 2.75) is 65.0 Å². The fraction of sp³-hybridized carbons (Fsp3) is 0.550. The number of rotatable bonds is 7. The van der Waals surface area contributed by atoms with Crippen LogP contribution in [0.1, 0.15) is 58.3 Å². The molecule has 26 heavy (non-hydrogen) atoms. The monoisotopic (exact) mass is 375 g/mol. The number of hydrogen-bond acceptors (Lipinski definition) is 4. The Labute approximate surface area is 159 Å². The predicted molar refractivity (Wildman–Crippen MR) is 102 cm³/mol. The topological polar surface area (TPSA) is 59.2 Å². The first-order valence-electron chi connectivity index (χ1n) is 9.41. The van der Waals surface area contributed by atoms with Gasteiger partial charge in [-0.25, -0.2) is 0 Å². The standard InChI is InChI=1S/C20H26ClN3O2/c1-14(2)24(19(25)12-11-15-7-3-4-8-15)13-18-22-23-20(26-18)16-9-5-6-10-17(16)21/h5-6,9-10,14-15H,3-4,7-8,11-13H2,1-2H3. The average Bonchev–Trinajstić information content (AvgIpc) is 3.29. The second-order valence-corrected chi connectivity index (χ2v) is 7.69. The second kappa shape index (κ2) is 8.67. The van der Waals surface area contributed by atoms with Gasteiger partial charge in [-0.2, -0.15) is 0 Å². The van der Waals surface area contributed by atoms with Gasteiger partial charge < -0.3 is 9.32 Å². The zero-order valence-electron chi connectivity index (χ0n) is 15.4. The van der Waals surface area contributed by atoms with E-state index in [9.17, 15) is 4.79 Å². The lowest BCUT2D eigenvalue weighted by Crippen LogP contribution is -2.36. The largest absolute Gasteiger partial charge is 0.419 e. The fourth-order valence-corrected chi connectivity index (χ4v) is 3.75. The number of halogens is 1. The van der Waals surface area contributed by atoms with E-state index in [1.165, 1.54) is 25.7 Å². The number of benzene rings is 1. The third-order valence-electron chi connectivity index (χ3n) is 5.06. The van der Waals surface area contributed by atoms with Crippen molar-refractivity contribution in [3.05, 3.63) is 35.2 Å². The molecular weight excluding hydrogens is 350 g/mol. The molecule has 2 aromatic rings. The smallest absolute Gasteiger partial charge is 0.249 e. The number of amides is 1. The first kappa shape index (κ1) is 18.9. The Bertz CT molecular complexity index is 738. The van der Waals surface area contributed by atoms with E-state index in [0.717, 1.165) is 6.42 Å². The average molecular weight is 376 g/mol. The molecule has 3 rings (SSSR count). The van der Waals surface area contributed by atoms with Crippen LogP contribution >= 0.6 is 11.6 Å². The van der Waals surface area contributed by atoms with Crippen LogP contribution in [0, 0.1) is 5.92 Å². The van der Waals surface area contributed by atoms with Crippen LogP contribution in [0.15, 0.2) is 28.7 Å². The highest BCUT2D eigenvalue weighted by Gasteiger charge is 2.23. The number of hydrogen-bond donors (Lipinski definition) is 0. The fourth-order valence-electron chi connectivity index (χ4n) is 3.54. The van der Waals surface area contributed by atoms with Crippen LogP contribution < -0.4 is 0 Å². The van der Waals surface area contributed by atoms with Crippen molar-refractivity contribution in [2.75, 3.05) is 0 Å². The Kier molecular flexibility index (Phi) is 6.30. The van der Waals surface area contributed by atoms with E-state index in [1.54, 1.807) is 6.07 Å². The SMILES string of the molecule is CC(C)N(Cc1nnc(-c2ccccc2Cl)o1)C(=O)CCC1CCCC1. The zero-order chi connectivity index (χ0) is 18.5. The summed E-state index contributed by atoms with van der Waals surface area (Å²) in [7, 11) is 0. The molecule has 0 aliphatic heterocycles. The van der Waals surface area contributed by atoms with E-state index in [4.69, 9.17) is 16.0 Å². The number of aromatic nitrogens is 2. The summed E-state index contributed by atoms with van der Waals surface area (Å²) >= 11 is 6.19. The van der Waals surface area contributed by atoms with Crippen molar-refractivity contribution in [1.82, 2.24) is 15.1 Å². The molecule has 140 valence electrons. The summed E-state index contributed by atoms with van der Waals surface area (Å²) in [5.74, 6) is 1.68. The lowest BCUT2D eigenvalue weighted by Gasteiger charge is -2.25. The van der Waals surface area contributed by atoms with Gasteiger partial charge in [0.05, 0.1) is 17.1 Å². The third-order valence-corrected chi connectivity index (χ3v) is 5.39. The van der Waals surface area contributed by atoms with Crippen LogP contribution in [0.2, 0.25) is 5.02 Å². The number of nitrogens with zero attached hydrogens (tertiary/aromatic N) is 3. The summed E-state index contributed by atoms with van der Waals surface area (Å²) < 4.78 is 5.76. The zero-order valence-corrected chi connectivity index (χ0v) is 16.2. The maximum atomic E-state index is 12.7. The van der Waals surface area contributed by atoms with Crippen LogP contribution in [0.4, 0.5) is 0 Å². The predicted octanol–water partition coefficient (Wildman–Crippen LogP) is 5.10. The Balaban J connectivity index is 1.64. The molecule has 1 amide bonds. The molecule has 1 aliphatic rings. The summed E-state index contributed by atoms with van der Waals surface area (Å²) in [4.78, 5) is 14.5. The van der Waals surface area contributed by atoms with Gasteiger partial charge in [0, 0.05) is 12.5 Å². The van der Waals surface area contributed by atoms with Gasteiger partial charge >= 0.3 is 0 Å². The lowest BCUT2D eigenvalue weighted by molar-refractivity contribution is -0.134. The van der Waals surface area contributed by atoms with Crippen LogP contribution in [-0.4, -0.2) is 27.0 Å². The Morgan fingerprint density at radius 1 is 1.27 bits per heavy atom. The minimum absolute atomic E-state index is 0.0849. The number of carbonyl (C=O) groups excluding carboxylic acids is 1.